The predicted molar refractivity (Wildman–Crippen MR) is 126 cm³/mol. The maximum absolute atomic E-state index is 12.1. The van der Waals surface area contributed by atoms with Gasteiger partial charge in [0.15, 0.2) is 0 Å². The van der Waals surface area contributed by atoms with E-state index >= 15 is 0 Å². The lowest BCUT2D eigenvalue weighted by Crippen LogP contribution is -2.47. The number of piperazine rings is 1. The molecule has 30 heavy (non-hydrogen) atoms. The number of fused-ring (bicyclic) bond motifs is 1. The van der Waals surface area contributed by atoms with E-state index in [9.17, 15) is 4.79 Å². The van der Waals surface area contributed by atoms with Gasteiger partial charge in [0.25, 0.3) is 0 Å². The summed E-state index contributed by atoms with van der Waals surface area (Å²) in [6.07, 6.45) is 2.56. The zero-order chi connectivity index (χ0) is 20.9. The molecule has 1 aliphatic heterocycles. The van der Waals surface area contributed by atoms with E-state index < -0.39 is 0 Å². The van der Waals surface area contributed by atoms with Crippen molar-refractivity contribution in [3.8, 4) is 0 Å². The lowest BCUT2D eigenvalue weighted by atomic mass is 10.1. The van der Waals surface area contributed by atoms with Crippen LogP contribution < -0.4 is 10.2 Å². The van der Waals surface area contributed by atoms with E-state index in [0.29, 0.717) is 0 Å². The molecule has 1 aromatic heterocycles. The van der Waals surface area contributed by atoms with Crippen LogP contribution in [0.15, 0.2) is 60.2 Å². The summed E-state index contributed by atoms with van der Waals surface area (Å²) in [4.78, 5) is 17.0. The average molecular weight is 421 g/mol. The molecule has 1 fully saturated rings. The monoisotopic (exact) mass is 420 g/mol. The van der Waals surface area contributed by atoms with Gasteiger partial charge < -0.3 is 10.2 Å². The lowest BCUT2D eigenvalue weighted by molar-refractivity contribution is -0.111. The van der Waals surface area contributed by atoms with Crippen molar-refractivity contribution in [3.63, 3.8) is 0 Å². The number of carbonyl (C=O) groups excluding carboxylic acids is 1. The molecule has 0 bridgehead atoms. The summed E-state index contributed by atoms with van der Waals surface area (Å²) in [6.45, 7) is 8.88. The first-order valence-corrected chi connectivity index (χ1v) is 11.2. The summed E-state index contributed by atoms with van der Waals surface area (Å²) in [7, 11) is 0. The minimum absolute atomic E-state index is 0.0634. The molecule has 0 saturated carbocycles. The SMILES string of the molecule is CC(C)=CC(=O)Nc1ccccc1CCN1CCN(c2nsc3ccccc23)CC1. The fraction of sp³-hybridized carbons (Fsp3) is 0.333. The average Bonchev–Trinajstić information content (AvgIpc) is 3.17. The number of rotatable bonds is 6. The zero-order valence-corrected chi connectivity index (χ0v) is 18.4. The Kier molecular flexibility index (Phi) is 6.45. The van der Waals surface area contributed by atoms with Crippen LogP contribution in [0.25, 0.3) is 10.1 Å². The van der Waals surface area contributed by atoms with Crippen LogP contribution in [0.3, 0.4) is 0 Å². The Morgan fingerprint density at radius 3 is 2.60 bits per heavy atom. The second kappa shape index (κ2) is 9.41. The molecule has 0 atom stereocenters. The van der Waals surface area contributed by atoms with E-state index in [2.05, 4.69) is 45.4 Å². The van der Waals surface area contributed by atoms with Crippen LogP contribution in [0.2, 0.25) is 0 Å². The van der Waals surface area contributed by atoms with Crippen molar-refractivity contribution in [2.24, 2.45) is 0 Å². The number of nitrogens with zero attached hydrogens (tertiary/aromatic N) is 3. The second-order valence-corrected chi connectivity index (χ2v) is 8.75. The lowest BCUT2D eigenvalue weighted by Gasteiger charge is -2.35. The summed E-state index contributed by atoms with van der Waals surface area (Å²) in [6, 6.07) is 16.6. The standard InChI is InChI=1S/C24H28N4OS/c1-18(2)17-23(29)25-21-9-5-3-7-19(21)11-12-27-13-15-28(16-14-27)24-20-8-4-6-10-22(20)30-26-24/h3-10,17H,11-16H2,1-2H3,(H,25,29). The molecule has 0 radical (unpaired) electrons. The van der Waals surface area contributed by atoms with Crippen molar-refractivity contribution in [1.82, 2.24) is 9.27 Å². The maximum atomic E-state index is 12.1. The van der Waals surface area contributed by atoms with Crippen LogP contribution in [-0.4, -0.2) is 47.9 Å². The van der Waals surface area contributed by atoms with Crippen LogP contribution >= 0.6 is 11.5 Å². The molecule has 1 aliphatic rings. The summed E-state index contributed by atoms with van der Waals surface area (Å²) in [5, 5.41) is 4.28. The molecule has 5 nitrogen and oxygen atoms in total. The Balaban J connectivity index is 1.33. The number of anilines is 2. The third-order valence-corrected chi connectivity index (χ3v) is 6.24. The number of allylic oxidation sites excluding steroid dienone is 1. The number of hydrogen-bond acceptors (Lipinski definition) is 5. The van der Waals surface area contributed by atoms with Gasteiger partial charge in [-0.3, -0.25) is 9.69 Å². The Labute approximate surface area is 182 Å². The van der Waals surface area contributed by atoms with Gasteiger partial charge in [0.2, 0.25) is 5.91 Å². The Morgan fingerprint density at radius 2 is 1.80 bits per heavy atom. The molecule has 2 aromatic carbocycles. The van der Waals surface area contributed by atoms with Gasteiger partial charge in [0.1, 0.15) is 5.82 Å². The third-order valence-electron chi connectivity index (χ3n) is 5.42. The Hall–Kier alpha value is -2.70. The molecule has 0 spiro atoms. The molecule has 0 aliphatic carbocycles. The van der Waals surface area contributed by atoms with E-state index in [1.165, 1.54) is 15.6 Å². The van der Waals surface area contributed by atoms with Gasteiger partial charge in [-0.25, -0.2) is 0 Å². The highest BCUT2D eigenvalue weighted by Gasteiger charge is 2.20. The largest absolute Gasteiger partial charge is 0.353 e. The smallest absolute Gasteiger partial charge is 0.248 e. The fourth-order valence-electron chi connectivity index (χ4n) is 3.85. The molecule has 1 saturated heterocycles. The van der Waals surface area contributed by atoms with Crippen molar-refractivity contribution >= 4 is 39.0 Å². The highest BCUT2D eigenvalue weighted by Crippen LogP contribution is 2.29. The first-order valence-electron chi connectivity index (χ1n) is 10.5. The summed E-state index contributed by atoms with van der Waals surface area (Å²) in [5.74, 6) is 1.06. The van der Waals surface area contributed by atoms with Gasteiger partial charge in [-0.15, -0.1) is 0 Å². The number of para-hydroxylation sites is 1. The van der Waals surface area contributed by atoms with Gasteiger partial charge in [-0.05, 0) is 55.6 Å². The molecule has 1 amide bonds. The summed E-state index contributed by atoms with van der Waals surface area (Å²) >= 11 is 1.58. The number of amides is 1. The topological polar surface area (TPSA) is 48.5 Å². The maximum Gasteiger partial charge on any atom is 0.248 e. The van der Waals surface area contributed by atoms with Gasteiger partial charge >= 0.3 is 0 Å². The van der Waals surface area contributed by atoms with Gasteiger partial charge in [-0.1, -0.05) is 35.9 Å². The third kappa shape index (κ3) is 4.89. The fourth-order valence-corrected chi connectivity index (χ4v) is 4.65. The molecular weight excluding hydrogens is 392 g/mol. The van der Waals surface area contributed by atoms with Crippen molar-refractivity contribution in [1.29, 1.82) is 0 Å². The second-order valence-electron chi connectivity index (χ2n) is 7.95. The zero-order valence-electron chi connectivity index (χ0n) is 17.6. The number of benzene rings is 2. The Morgan fingerprint density at radius 1 is 1.07 bits per heavy atom. The molecular formula is C24H28N4OS. The van der Waals surface area contributed by atoms with Crippen LogP contribution in [-0.2, 0) is 11.2 Å². The highest BCUT2D eigenvalue weighted by atomic mass is 32.1. The van der Waals surface area contributed by atoms with Crippen LogP contribution in [0, 0.1) is 0 Å². The summed E-state index contributed by atoms with van der Waals surface area (Å²) in [5.41, 5.74) is 3.09. The molecule has 6 heteroatoms. The highest BCUT2D eigenvalue weighted by molar-refractivity contribution is 7.13. The molecule has 4 rings (SSSR count). The first kappa shape index (κ1) is 20.6. The first-order chi connectivity index (χ1) is 14.6. The molecule has 156 valence electrons. The van der Waals surface area contributed by atoms with Crippen LogP contribution in [0.1, 0.15) is 19.4 Å². The van der Waals surface area contributed by atoms with E-state index in [1.54, 1.807) is 17.6 Å². The Bertz CT molecular complexity index is 1050. The molecule has 0 unspecified atom stereocenters. The van der Waals surface area contributed by atoms with E-state index in [-0.39, 0.29) is 5.91 Å². The van der Waals surface area contributed by atoms with E-state index in [1.807, 2.05) is 32.0 Å². The quantitative estimate of drug-likeness (QED) is 0.594. The van der Waals surface area contributed by atoms with E-state index in [4.69, 9.17) is 4.37 Å². The molecule has 1 N–H and O–H groups in total. The molecule has 3 aromatic rings. The number of aromatic nitrogens is 1. The summed E-state index contributed by atoms with van der Waals surface area (Å²) < 4.78 is 5.95. The van der Waals surface area contributed by atoms with Crippen LogP contribution in [0.4, 0.5) is 11.5 Å². The number of carbonyl (C=O) groups is 1. The van der Waals surface area contributed by atoms with Gasteiger partial charge in [0, 0.05) is 49.9 Å². The van der Waals surface area contributed by atoms with Crippen molar-refractivity contribution in [3.05, 3.63) is 65.7 Å². The minimum atomic E-state index is -0.0634. The predicted octanol–water partition coefficient (Wildman–Crippen LogP) is 4.57. The number of nitrogens with one attached hydrogen (secondary N) is 1. The van der Waals surface area contributed by atoms with Crippen molar-refractivity contribution in [2.45, 2.75) is 20.3 Å². The minimum Gasteiger partial charge on any atom is -0.353 e. The number of hydrogen-bond donors (Lipinski definition) is 1. The normalized spacial score (nSPS) is 14.7. The van der Waals surface area contributed by atoms with Crippen molar-refractivity contribution < 1.29 is 4.79 Å². The van der Waals surface area contributed by atoms with E-state index in [0.717, 1.165) is 56.2 Å². The molecule has 2 heterocycles. The van der Waals surface area contributed by atoms with Crippen LogP contribution in [0.5, 0.6) is 0 Å². The van der Waals surface area contributed by atoms with Gasteiger partial charge in [-0.2, -0.15) is 4.37 Å². The van der Waals surface area contributed by atoms with Gasteiger partial charge in [0.05, 0.1) is 4.70 Å². The van der Waals surface area contributed by atoms with Crippen molar-refractivity contribution in [2.75, 3.05) is 42.9 Å².